The SMILES string of the molecule is Cc1nnc(-c2ccccc2NC(C)C2CC2)o1. The third-order valence-electron chi connectivity index (χ3n) is 3.40. The quantitative estimate of drug-likeness (QED) is 0.895. The highest BCUT2D eigenvalue weighted by Crippen LogP contribution is 2.35. The minimum absolute atomic E-state index is 0.496. The second-order valence-electron chi connectivity index (χ2n) is 4.94. The minimum atomic E-state index is 0.496. The molecular weight excluding hydrogens is 226 g/mol. The molecule has 3 rings (SSSR count). The van der Waals surface area contributed by atoms with Crippen LogP contribution in [0.5, 0.6) is 0 Å². The van der Waals surface area contributed by atoms with E-state index in [2.05, 4.69) is 28.5 Å². The number of anilines is 1. The first-order chi connectivity index (χ1) is 8.74. The summed E-state index contributed by atoms with van der Waals surface area (Å²) in [5.74, 6) is 1.98. The van der Waals surface area contributed by atoms with Crippen molar-refractivity contribution in [2.24, 2.45) is 5.92 Å². The Morgan fingerprint density at radius 2 is 2.06 bits per heavy atom. The first-order valence-electron chi connectivity index (χ1n) is 6.40. The fraction of sp³-hybridized carbons (Fsp3) is 0.429. The third kappa shape index (κ3) is 2.23. The molecule has 1 atom stereocenters. The lowest BCUT2D eigenvalue weighted by Gasteiger charge is -2.16. The second-order valence-corrected chi connectivity index (χ2v) is 4.94. The number of aromatic nitrogens is 2. The lowest BCUT2D eigenvalue weighted by molar-refractivity contribution is 0.533. The highest BCUT2D eigenvalue weighted by molar-refractivity contribution is 5.72. The molecule has 94 valence electrons. The minimum Gasteiger partial charge on any atom is -0.421 e. The maximum atomic E-state index is 5.51. The van der Waals surface area contributed by atoms with E-state index in [1.807, 2.05) is 18.2 Å². The van der Waals surface area contributed by atoms with Gasteiger partial charge in [0.1, 0.15) is 0 Å². The van der Waals surface area contributed by atoms with Gasteiger partial charge in [-0.2, -0.15) is 0 Å². The van der Waals surface area contributed by atoms with Gasteiger partial charge in [0, 0.05) is 18.7 Å². The molecule has 0 aliphatic heterocycles. The van der Waals surface area contributed by atoms with Gasteiger partial charge in [0.25, 0.3) is 0 Å². The summed E-state index contributed by atoms with van der Waals surface area (Å²) in [7, 11) is 0. The predicted molar refractivity (Wildman–Crippen MR) is 70.3 cm³/mol. The zero-order valence-electron chi connectivity index (χ0n) is 10.7. The fourth-order valence-electron chi connectivity index (χ4n) is 2.16. The number of nitrogens with one attached hydrogen (secondary N) is 1. The van der Waals surface area contributed by atoms with E-state index < -0.39 is 0 Å². The number of rotatable bonds is 4. The molecule has 4 nitrogen and oxygen atoms in total. The molecule has 0 radical (unpaired) electrons. The molecule has 1 heterocycles. The van der Waals surface area contributed by atoms with Gasteiger partial charge >= 0.3 is 0 Å². The van der Waals surface area contributed by atoms with Gasteiger partial charge in [0.15, 0.2) is 0 Å². The molecular formula is C14H17N3O. The van der Waals surface area contributed by atoms with Gasteiger partial charge < -0.3 is 9.73 Å². The van der Waals surface area contributed by atoms with Crippen LogP contribution in [0.25, 0.3) is 11.5 Å². The maximum Gasteiger partial charge on any atom is 0.249 e. The Labute approximate surface area is 106 Å². The number of para-hydroxylation sites is 1. The summed E-state index contributed by atoms with van der Waals surface area (Å²) < 4.78 is 5.51. The van der Waals surface area contributed by atoms with E-state index in [9.17, 15) is 0 Å². The summed E-state index contributed by atoms with van der Waals surface area (Å²) in [6.07, 6.45) is 2.66. The molecule has 18 heavy (non-hydrogen) atoms. The molecule has 1 unspecified atom stereocenters. The summed E-state index contributed by atoms with van der Waals surface area (Å²) in [5, 5.41) is 11.5. The maximum absolute atomic E-state index is 5.51. The molecule has 0 saturated heterocycles. The fourth-order valence-corrected chi connectivity index (χ4v) is 2.16. The molecule has 0 bridgehead atoms. The van der Waals surface area contributed by atoms with Crippen LogP contribution in [0.1, 0.15) is 25.7 Å². The summed E-state index contributed by atoms with van der Waals surface area (Å²) >= 11 is 0. The molecule has 1 aromatic heterocycles. The van der Waals surface area contributed by atoms with E-state index in [-0.39, 0.29) is 0 Å². The predicted octanol–water partition coefficient (Wildman–Crippen LogP) is 3.26. The number of hydrogen-bond acceptors (Lipinski definition) is 4. The molecule has 0 amide bonds. The average molecular weight is 243 g/mol. The number of aryl methyl sites for hydroxylation is 1. The van der Waals surface area contributed by atoms with Crippen molar-refractivity contribution in [3.8, 4) is 11.5 Å². The second kappa shape index (κ2) is 4.44. The van der Waals surface area contributed by atoms with Crippen LogP contribution < -0.4 is 5.32 Å². The largest absolute Gasteiger partial charge is 0.421 e. The molecule has 1 aliphatic rings. The summed E-state index contributed by atoms with van der Waals surface area (Å²) in [6.45, 7) is 4.03. The van der Waals surface area contributed by atoms with Gasteiger partial charge in [-0.05, 0) is 37.8 Å². The van der Waals surface area contributed by atoms with Gasteiger partial charge in [0.2, 0.25) is 11.8 Å². The van der Waals surface area contributed by atoms with Crippen molar-refractivity contribution in [2.75, 3.05) is 5.32 Å². The first kappa shape index (κ1) is 11.3. The van der Waals surface area contributed by atoms with Gasteiger partial charge in [-0.15, -0.1) is 10.2 Å². The van der Waals surface area contributed by atoms with Crippen molar-refractivity contribution >= 4 is 5.69 Å². The Morgan fingerprint density at radius 1 is 1.28 bits per heavy atom. The Balaban J connectivity index is 1.89. The van der Waals surface area contributed by atoms with E-state index in [0.717, 1.165) is 17.2 Å². The van der Waals surface area contributed by atoms with Crippen LogP contribution in [-0.4, -0.2) is 16.2 Å². The van der Waals surface area contributed by atoms with Gasteiger partial charge in [-0.3, -0.25) is 0 Å². The highest BCUT2D eigenvalue weighted by atomic mass is 16.4. The van der Waals surface area contributed by atoms with Crippen LogP contribution in [-0.2, 0) is 0 Å². The zero-order valence-corrected chi connectivity index (χ0v) is 10.7. The molecule has 4 heteroatoms. The zero-order chi connectivity index (χ0) is 12.5. The molecule has 1 aromatic carbocycles. The van der Waals surface area contributed by atoms with E-state index in [1.165, 1.54) is 12.8 Å². The normalized spacial score (nSPS) is 16.6. The average Bonchev–Trinajstić information content (AvgIpc) is 3.13. The Kier molecular flexibility index (Phi) is 2.78. The number of nitrogens with zero attached hydrogens (tertiary/aromatic N) is 2. The molecule has 0 spiro atoms. The highest BCUT2D eigenvalue weighted by Gasteiger charge is 2.28. The van der Waals surface area contributed by atoms with Crippen LogP contribution >= 0.6 is 0 Å². The van der Waals surface area contributed by atoms with Crippen molar-refractivity contribution in [3.63, 3.8) is 0 Å². The molecule has 1 saturated carbocycles. The summed E-state index contributed by atoms with van der Waals surface area (Å²) in [5.41, 5.74) is 2.05. The van der Waals surface area contributed by atoms with Crippen molar-refractivity contribution in [3.05, 3.63) is 30.2 Å². The van der Waals surface area contributed by atoms with E-state index in [4.69, 9.17) is 4.42 Å². The molecule has 1 N–H and O–H groups in total. The van der Waals surface area contributed by atoms with Gasteiger partial charge in [-0.25, -0.2) is 0 Å². The van der Waals surface area contributed by atoms with Crippen LogP contribution in [0.15, 0.2) is 28.7 Å². The van der Waals surface area contributed by atoms with Gasteiger partial charge in [0.05, 0.1) is 5.56 Å². The Hall–Kier alpha value is -1.84. The van der Waals surface area contributed by atoms with Crippen LogP contribution in [0, 0.1) is 12.8 Å². The summed E-state index contributed by atoms with van der Waals surface area (Å²) in [6, 6.07) is 8.58. The van der Waals surface area contributed by atoms with Gasteiger partial charge in [-0.1, -0.05) is 12.1 Å². The Morgan fingerprint density at radius 3 is 2.72 bits per heavy atom. The lowest BCUT2D eigenvalue weighted by Crippen LogP contribution is -2.17. The standard InChI is InChI=1S/C14H17N3O/c1-9(11-7-8-11)15-13-6-4-3-5-12(13)14-17-16-10(2)18-14/h3-6,9,11,15H,7-8H2,1-2H3. The molecule has 1 fully saturated rings. The van der Waals surface area contributed by atoms with E-state index in [1.54, 1.807) is 6.92 Å². The van der Waals surface area contributed by atoms with E-state index >= 15 is 0 Å². The van der Waals surface area contributed by atoms with Crippen molar-refractivity contribution in [2.45, 2.75) is 32.7 Å². The van der Waals surface area contributed by atoms with Crippen molar-refractivity contribution in [1.82, 2.24) is 10.2 Å². The van der Waals surface area contributed by atoms with Crippen LogP contribution in [0.3, 0.4) is 0 Å². The first-order valence-corrected chi connectivity index (χ1v) is 6.40. The van der Waals surface area contributed by atoms with Crippen LogP contribution in [0.2, 0.25) is 0 Å². The number of hydrogen-bond donors (Lipinski definition) is 1. The lowest BCUT2D eigenvalue weighted by atomic mass is 10.1. The smallest absolute Gasteiger partial charge is 0.249 e. The van der Waals surface area contributed by atoms with Crippen LogP contribution in [0.4, 0.5) is 5.69 Å². The molecule has 1 aliphatic carbocycles. The number of benzene rings is 1. The van der Waals surface area contributed by atoms with Crippen molar-refractivity contribution < 1.29 is 4.42 Å². The monoisotopic (exact) mass is 243 g/mol. The topological polar surface area (TPSA) is 51.0 Å². The third-order valence-corrected chi connectivity index (χ3v) is 3.40. The van der Waals surface area contributed by atoms with Crippen molar-refractivity contribution in [1.29, 1.82) is 0 Å². The Bertz CT molecular complexity index is 545. The summed E-state index contributed by atoms with van der Waals surface area (Å²) in [4.78, 5) is 0. The molecule has 2 aromatic rings. The van der Waals surface area contributed by atoms with E-state index in [0.29, 0.717) is 17.8 Å².